The number of hydrogen-bond donors (Lipinski definition) is 1. The lowest BCUT2D eigenvalue weighted by Gasteiger charge is -2.20. The Morgan fingerprint density at radius 2 is 1.71 bits per heavy atom. The van der Waals surface area contributed by atoms with Gasteiger partial charge in [0.15, 0.2) is 0 Å². The summed E-state index contributed by atoms with van der Waals surface area (Å²) in [6.07, 6.45) is 3.42. The highest BCUT2D eigenvalue weighted by Crippen LogP contribution is 2.47. The molecule has 0 amide bonds. The molecule has 0 spiro atoms. The van der Waals surface area contributed by atoms with Gasteiger partial charge in [-0.25, -0.2) is 0 Å². The molecule has 1 nitrogen and oxygen atoms in total. The molecule has 0 saturated heterocycles. The lowest BCUT2D eigenvalue weighted by molar-refractivity contribution is 0.812. The smallest absolute Gasteiger partial charge is 0.0501 e. The second-order valence-electron chi connectivity index (χ2n) is 5.93. The van der Waals surface area contributed by atoms with Crippen molar-refractivity contribution in [1.82, 2.24) is 0 Å². The van der Waals surface area contributed by atoms with Crippen molar-refractivity contribution in [3.63, 3.8) is 0 Å². The maximum atomic E-state index is 3.68. The largest absolute Gasteiger partial charge is 0.358 e. The van der Waals surface area contributed by atoms with Gasteiger partial charge in [0.25, 0.3) is 0 Å². The molecule has 21 heavy (non-hydrogen) atoms. The van der Waals surface area contributed by atoms with Crippen LogP contribution in [0.5, 0.6) is 0 Å². The molecule has 3 aromatic carbocycles. The summed E-state index contributed by atoms with van der Waals surface area (Å²) in [6, 6.07) is 21.9. The van der Waals surface area contributed by atoms with Gasteiger partial charge in [-0.05, 0) is 34.6 Å². The zero-order valence-electron chi connectivity index (χ0n) is 11.6. The highest BCUT2D eigenvalue weighted by molar-refractivity contribution is 5.99. The minimum Gasteiger partial charge on any atom is -0.358 e. The minimum absolute atomic E-state index is 0.486. The fourth-order valence-electron chi connectivity index (χ4n) is 3.72. The van der Waals surface area contributed by atoms with E-state index in [1.165, 1.54) is 38.8 Å². The van der Waals surface area contributed by atoms with Crippen LogP contribution in [0.2, 0.25) is 0 Å². The van der Waals surface area contributed by atoms with Crippen LogP contribution in [0.1, 0.15) is 22.6 Å². The molecule has 0 aromatic heterocycles. The molecular formula is C20H15N. The number of fused-ring (bicyclic) bond motifs is 6. The van der Waals surface area contributed by atoms with Crippen LogP contribution in [-0.4, -0.2) is 0 Å². The van der Waals surface area contributed by atoms with E-state index in [0.717, 1.165) is 6.42 Å². The monoisotopic (exact) mass is 269 g/mol. The molecule has 5 rings (SSSR count). The van der Waals surface area contributed by atoms with Crippen LogP contribution in [0.15, 0.2) is 66.4 Å². The van der Waals surface area contributed by atoms with Crippen molar-refractivity contribution >= 4 is 22.5 Å². The molecule has 0 bridgehead atoms. The fourth-order valence-corrected chi connectivity index (χ4v) is 3.72. The Morgan fingerprint density at radius 1 is 0.857 bits per heavy atom. The van der Waals surface area contributed by atoms with E-state index in [-0.39, 0.29) is 0 Å². The standard InChI is InChI=1S/C20H15N/c1-2-7-15-12-19-18(11-14(15)6-1)17-10-9-13-5-3-4-8-16(13)20(17)21-19/h1-10,12,18,21H,11H2. The van der Waals surface area contributed by atoms with Crippen LogP contribution in [-0.2, 0) is 6.42 Å². The van der Waals surface area contributed by atoms with E-state index in [9.17, 15) is 0 Å². The van der Waals surface area contributed by atoms with Gasteiger partial charge in [0.05, 0.1) is 5.69 Å². The quantitative estimate of drug-likeness (QED) is 0.609. The van der Waals surface area contributed by atoms with E-state index >= 15 is 0 Å². The van der Waals surface area contributed by atoms with Gasteiger partial charge in [-0.3, -0.25) is 0 Å². The zero-order valence-corrected chi connectivity index (χ0v) is 11.6. The van der Waals surface area contributed by atoms with Crippen LogP contribution < -0.4 is 5.32 Å². The van der Waals surface area contributed by atoms with Crippen molar-refractivity contribution in [3.05, 3.63) is 83.1 Å². The van der Waals surface area contributed by atoms with E-state index in [0.29, 0.717) is 5.92 Å². The molecule has 100 valence electrons. The van der Waals surface area contributed by atoms with Gasteiger partial charge in [-0.15, -0.1) is 0 Å². The highest BCUT2D eigenvalue weighted by Gasteiger charge is 2.31. The predicted octanol–water partition coefficient (Wildman–Crippen LogP) is 4.95. The highest BCUT2D eigenvalue weighted by atomic mass is 14.9. The van der Waals surface area contributed by atoms with Crippen molar-refractivity contribution in [2.24, 2.45) is 0 Å². The average molecular weight is 269 g/mol. The third-order valence-electron chi connectivity index (χ3n) is 4.77. The Hall–Kier alpha value is -2.54. The maximum absolute atomic E-state index is 3.68. The second kappa shape index (κ2) is 3.98. The van der Waals surface area contributed by atoms with E-state index in [1.807, 2.05) is 0 Å². The Balaban J connectivity index is 1.73. The van der Waals surface area contributed by atoms with Gasteiger partial charge in [0, 0.05) is 17.0 Å². The lowest BCUT2D eigenvalue weighted by atomic mass is 9.84. The van der Waals surface area contributed by atoms with Crippen molar-refractivity contribution < 1.29 is 0 Å². The second-order valence-corrected chi connectivity index (χ2v) is 5.93. The molecule has 0 saturated carbocycles. The summed E-state index contributed by atoms with van der Waals surface area (Å²) in [5.74, 6) is 0.486. The molecule has 1 aliphatic heterocycles. The van der Waals surface area contributed by atoms with Crippen LogP contribution in [0.25, 0.3) is 16.8 Å². The number of benzene rings is 3. The van der Waals surface area contributed by atoms with Gasteiger partial charge in [0.2, 0.25) is 0 Å². The SMILES string of the molecule is C1=C2Nc3c(ccc4ccccc34)C2Cc2ccccc21. The predicted molar refractivity (Wildman–Crippen MR) is 88.4 cm³/mol. The Morgan fingerprint density at radius 3 is 2.71 bits per heavy atom. The van der Waals surface area contributed by atoms with E-state index in [2.05, 4.69) is 72.1 Å². The van der Waals surface area contributed by atoms with Gasteiger partial charge in [-0.2, -0.15) is 0 Å². The van der Waals surface area contributed by atoms with E-state index < -0.39 is 0 Å². The molecule has 0 radical (unpaired) electrons. The molecule has 1 aliphatic carbocycles. The summed E-state index contributed by atoms with van der Waals surface area (Å²) >= 11 is 0. The Bertz CT molecular complexity index is 905. The van der Waals surface area contributed by atoms with E-state index in [4.69, 9.17) is 0 Å². The Kier molecular flexibility index (Phi) is 2.12. The topological polar surface area (TPSA) is 12.0 Å². The summed E-state index contributed by atoms with van der Waals surface area (Å²) in [4.78, 5) is 0. The summed E-state index contributed by atoms with van der Waals surface area (Å²) < 4.78 is 0. The molecule has 1 N–H and O–H groups in total. The molecule has 1 unspecified atom stereocenters. The van der Waals surface area contributed by atoms with Crippen molar-refractivity contribution in [2.45, 2.75) is 12.3 Å². The molecule has 1 atom stereocenters. The van der Waals surface area contributed by atoms with Crippen LogP contribution in [0, 0.1) is 0 Å². The number of rotatable bonds is 0. The first-order valence-electron chi connectivity index (χ1n) is 7.48. The normalized spacial score (nSPS) is 18.5. The molecule has 0 fully saturated rings. The van der Waals surface area contributed by atoms with Crippen LogP contribution in [0.4, 0.5) is 5.69 Å². The average Bonchev–Trinajstić information content (AvgIpc) is 2.90. The molecule has 1 heterocycles. The van der Waals surface area contributed by atoms with Gasteiger partial charge < -0.3 is 5.32 Å². The number of anilines is 1. The summed E-state index contributed by atoms with van der Waals surface area (Å²) in [5.41, 5.74) is 6.90. The van der Waals surface area contributed by atoms with Crippen LogP contribution >= 0.6 is 0 Å². The maximum Gasteiger partial charge on any atom is 0.0501 e. The van der Waals surface area contributed by atoms with Crippen molar-refractivity contribution in [1.29, 1.82) is 0 Å². The van der Waals surface area contributed by atoms with Gasteiger partial charge >= 0.3 is 0 Å². The Labute approximate surface area is 123 Å². The molecular weight excluding hydrogens is 254 g/mol. The summed E-state index contributed by atoms with van der Waals surface area (Å²) in [6.45, 7) is 0. The van der Waals surface area contributed by atoms with Crippen molar-refractivity contribution in [2.75, 3.05) is 5.32 Å². The van der Waals surface area contributed by atoms with E-state index in [1.54, 1.807) is 0 Å². The third kappa shape index (κ3) is 1.52. The fraction of sp³-hybridized carbons (Fsp3) is 0.100. The number of allylic oxidation sites excluding steroid dienone is 1. The van der Waals surface area contributed by atoms with Crippen LogP contribution in [0.3, 0.4) is 0 Å². The molecule has 3 aromatic rings. The zero-order chi connectivity index (χ0) is 13.8. The third-order valence-corrected chi connectivity index (χ3v) is 4.77. The molecule has 2 aliphatic rings. The minimum atomic E-state index is 0.486. The number of nitrogens with one attached hydrogen (secondary N) is 1. The van der Waals surface area contributed by atoms with Gasteiger partial charge in [-0.1, -0.05) is 60.7 Å². The first-order chi connectivity index (χ1) is 10.4. The van der Waals surface area contributed by atoms with Gasteiger partial charge in [0.1, 0.15) is 0 Å². The first kappa shape index (κ1) is 11.2. The molecule has 1 heteroatoms. The summed E-state index contributed by atoms with van der Waals surface area (Å²) in [7, 11) is 0. The summed E-state index contributed by atoms with van der Waals surface area (Å²) in [5, 5.41) is 6.32. The van der Waals surface area contributed by atoms with Crippen molar-refractivity contribution in [3.8, 4) is 0 Å². The number of hydrogen-bond acceptors (Lipinski definition) is 1. The first-order valence-corrected chi connectivity index (χ1v) is 7.48. The lowest BCUT2D eigenvalue weighted by Crippen LogP contribution is -2.09.